The van der Waals surface area contributed by atoms with Gasteiger partial charge >= 0.3 is 0 Å². The molecule has 0 saturated carbocycles. The molecule has 2 rings (SSSR count). The first-order valence-electron chi connectivity index (χ1n) is 4.51. The van der Waals surface area contributed by atoms with Crippen LogP contribution in [0.4, 0.5) is 0 Å². The van der Waals surface area contributed by atoms with E-state index in [0.29, 0.717) is 0 Å². The van der Waals surface area contributed by atoms with Gasteiger partial charge in [-0.25, -0.2) is 0 Å². The molecule has 0 atom stereocenters. The highest BCUT2D eigenvalue weighted by Crippen LogP contribution is 2.08. The first-order chi connectivity index (χ1) is 5.95. The zero-order valence-electron chi connectivity index (χ0n) is 7.19. The van der Waals surface area contributed by atoms with Crippen LogP contribution in [0.2, 0.25) is 0 Å². The predicted molar refractivity (Wildman–Crippen MR) is 45.4 cm³/mol. The molecule has 0 aromatic carbocycles. The van der Waals surface area contributed by atoms with E-state index in [1.165, 1.54) is 32.4 Å². The Balaban J connectivity index is 1.86. The van der Waals surface area contributed by atoms with Crippen LogP contribution in [0.3, 0.4) is 0 Å². The van der Waals surface area contributed by atoms with Crippen LogP contribution >= 0.6 is 0 Å². The minimum atomic E-state index is 0.854. The number of rotatable bonds is 2. The summed E-state index contributed by atoms with van der Waals surface area (Å²) in [6, 6.07) is 0. The van der Waals surface area contributed by atoms with Gasteiger partial charge in [-0.15, -0.1) is 0 Å². The van der Waals surface area contributed by atoms with Crippen molar-refractivity contribution in [3.8, 4) is 0 Å². The SMILES string of the molecule is c1cnn(CN2CCCCC2)n1. The van der Waals surface area contributed by atoms with Gasteiger partial charge in [0.15, 0.2) is 0 Å². The molecule has 0 N–H and O–H groups in total. The largest absolute Gasteiger partial charge is 0.283 e. The Hall–Kier alpha value is -0.900. The van der Waals surface area contributed by atoms with E-state index in [1.54, 1.807) is 17.2 Å². The summed E-state index contributed by atoms with van der Waals surface area (Å²) in [4.78, 5) is 4.13. The molecule has 1 fully saturated rings. The molecule has 2 heterocycles. The van der Waals surface area contributed by atoms with Crippen molar-refractivity contribution >= 4 is 0 Å². The van der Waals surface area contributed by atoms with Crippen molar-refractivity contribution in [2.75, 3.05) is 13.1 Å². The Morgan fingerprint density at radius 1 is 1.00 bits per heavy atom. The van der Waals surface area contributed by atoms with Crippen molar-refractivity contribution < 1.29 is 0 Å². The molecule has 0 bridgehead atoms. The molecule has 4 heteroatoms. The lowest BCUT2D eigenvalue weighted by Gasteiger charge is -2.25. The average molecular weight is 166 g/mol. The fourth-order valence-electron chi connectivity index (χ4n) is 1.60. The van der Waals surface area contributed by atoms with E-state index in [1.807, 2.05) is 0 Å². The monoisotopic (exact) mass is 166 g/mol. The first kappa shape index (κ1) is 7.73. The third-order valence-electron chi connectivity index (χ3n) is 2.24. The molecule has 0 radical (unpaired) electrons. The molecule has 0 aliphatic carbocycles. The van der Waals surface area contributed by atoms with Crippen LogP contribution in [0.5, 0.6) is 0 Å². The average Bonchev–Trinajstić information content (AvgIpc) is 2.59. The Kier molecular flexibility index (Phi) is 2.36. The molecule has 1 aliphatic heterocycles. The van der Waals surface area contributed by atoms with E-state index < -0.39 is 0 Å². The Morgan fingerprint density at radius 2 is 1.67 bits per heavy atom. The summed E-state index contributed by atoms with van der Waals surface area (Å²) in [7, 11) is 0. The van der Waals surface area contributed by atoms with Gasteiger partial charge < -0.3 is 0 Å². The summed E-state index contributed by atoms with van der Waals surface area (Å²) in [6.45, 7) is 3.25. The second-order valence-corrected chi connectivity index (χ2v) is 3.22. The van der Waals surface area contributed by atoms with E-state index in [-0.39, 0.29) is 0 Å². The third-order valence-corrected chi connectivity index (χ3v) is 2.24. The maximum absolute atomic E-state index is 4.07. The quantitative estimate of drug-likeness (QED) is 0.649. The molecular formula is C8H14N4. The molecule has 1 aromatic rings. The first-order valence-corrected chi connectivity index (χ1v) is 4.51. The van der Waals surface area contributed by atoms with Gasteiger partial charge in [-0.3, -0.25) is 4.90 Å². The number of piperidine rings is 1. The van der Waals surface area contributed by atoms with E-state index >= 15 is 0 Å². The fraction of sp³-hybridized carbons (Fsp3) is 0.750. The minimum absolute atomic E-state index is 0.854. The van der Waals surface area contributed by atoms with Crippen LogP contribution in [0, 0.1) is 0 Å². The summed E-state index contributed by atoms with van der Waals surface area (Å²) in [5.74, 6) is 0. The number of nitrogens with zero attached hydrogens (tertiary/aromatic N) is 4. The number of aromatic nitrogens is 3. The van der Waals surface area contributed by atoms with Gasteiger partial charge in [0.1, 0.15) is 6.67 Å². The van der Waals surface area contributed by atoms with Gasteiger partial charge in [-0.05, 0) is 25.9 Å². The molecule has 0 spiro atoms. The molecule has 0 unspecified atom stereocenters. The zero-order chi connectivity index (χ0) is 8.23. The number of likely N-dealkylation sites (tertiary alicyclic amines) is 1. The summed E-state index contributed by atoms with van der Waals surface area (Å²) in [5, 5.41) is 8.15. The van der Waals surface area contributed by atoms with Crippen molar-refractivity contribution in [1.29, 1.82) is 0 Å². The van der Waals surface area contributed by atoms with Crippen molar-refractivity contribution in [2.24, 2.45) is 0 Å². The van der Waals surface area contributed by atoms with Crippen LogP contribution < -0.4 is 0 Å². The summed E-state index contributed by atoms with van der Waals surface area (Å²) < 4.78 is 0. The zero-order valence-corrected chi connectivity index (χ0v) is 7.19. The van der Waals surface area contributed by atoms with Crippen molar-refractivity contribution in [3.05, 3.63) is 12.4 Å². The number of hydrogen-bond donors (Lipinski definition) is 0. The second kappa shape index (κ2) is 3.67. The van der Waals surface area contributed by atoms with Crippen molar-refractivity contribution in [2.45, 2.75) is 25.9 Å². The van der Waals surface area contributed by atoms with E-state index in [9.17, 15) is 0 Å². The van der Waals surface area contributed by atoms with Gasteiger partial charge in [0.25, 0.3) is 0 Å². The van der Waals surface area contributed by atoms with Gasteiger partial charge in [0.05, 0.1) is 12.4 Å². The Labute approximate surface area is 72.2 Å². The van der Waals surface area contributed by atoms with E-state index in [0.717, 1.165) is 6.67 Å². The van der Waals surface area contributed by atoms with E-state index in [2.05, 4.69) is 15.1 Å². The highest BCUT2D eigenvalue weighted by Gasteiger charge is 2.09. The maximum atomic E-state index is 4.07. The fourth-order valence-corrected chi connectivity index (χ4v) is 1.60. The van der Waals surface area contributed by atoms with Gasteiger partial charge in [0.2, 0.25) is 0 Å². The molecule has 66 valence electrons. The summed E-state index contributed by atoms with van der Waals surface area (Å²) >= 11 is 0. The van der Waals surface area contributed by atoms with Crippen LogP contribution in [0.15, 0.2) is 12.4 Å². The molecule has 4 nitrogen and oxygen atoms in total. The van der Waals surface area contributed by atoms with Gasteiger partial charge in [0, 0.05) is 0 Å². The normalized spacial score (nSPS) is 19.7. The number of hydrogen-bond acceptors (Lipinski definition) is 3. The predicted octanol–water partition coefficient (Wildman–Crippen LogP) is 0.722. The molecule has 1 aliphatic rings. The van der Waals surface area contributed by atoms with Crippen molar-refractivity contribution in [1.82, 2.24) is 19.9 Å². The third kappa shape index (κ3) is 1.82. The van der Waals surface area contributed by atoms with Crippen molar-refractivity contribution in [3.63, 3.8) is 0 Å². The summed E-state index contributed by atoms with van der Waals surface area (Å²) in [5.41, 5.74) is 0. The minimum Gasteiger partial charge on any atom is -0.283 e. The maximum Gasteiger partial charge on any atom is 0.113 e. The second-order valence-electron chi connectivity index (χ2n) is 3.22. The lowest BCUT2D eigenvalue weighted by molar-refractivity contribution is 0.163. The molecule has 1 aromatic heterocycles. The van der Waals surface area contributed by atoms with Crippen LogP contribution in [-0.4, -0.2) is 33.0 Å². The van der Waals surface area contributed by atoms with Crippen LogP contribution in [-0.2, 0) is 6.67 Å². The molecular weight excluding hydrogens is 152 g/mol. The Morgan fingerprint density at radius 3 is 2.33 bits per heavy atom. The molecule has 12 heavy (non-hydrogen) atoms. The van der Waals surface area contributed by atoms with Gasteiger partial charge in [-0.1, -0.05) is 6.42 Å². The van der Waals surface area contributed by atoms with E-state index in [4.69, 9.17) is 0 Å². The summed E-state index contributed by atoms with van der Waals surface area (Å²) in [6.07, 6.45) is 7.47. The van der Waals surface area contributed by atoms with Crippen LogP contribution in [0.25, 0.3) is 0 Å². The standard InChI is InChI=1S/C8H14N4/c1-2-6-11(7-3-1)8-12-9-4-5-10-12/h4-5H,1-3,6-8H2. The molecule has 0 amide bonds. The lowest BCUT2D eigenvalue weighted by atomic mass is 10.1. The van der Waals surface area contributed by atoms with Gasteiger partial charge in [-0.2, -0.15) is 15.0 Å². The Bertz CT molecular complexity index is 213. The highest BCUT2D eigenvalue weighted by molar-refractivity contribution is 4.63. The highest BCUT2D eigenvalue weighted by atomic mass is 15.5. The topological polar surface area (TPSA) is 34.0 Å². The smallest absolute Gasteiger partial charge is 0.113 e. The molecule has 1 saturated heterocycles. The van der Waals surface area contributed by atoms with Crippen LogP contribution in [0.1, 0.15) is 19.3 Å². The lowest BCUT2D eigenvalue weighted by Crippen LogP contribution is -2.32.